The third-order valence-corrected chi connectivity index (χ3v) is 6.02. The number of nitrogens with two attached hydrogens (primary N) is 1. The number of nitrogens with zero attached hydrogens (tertiary/aromatic N) is 2. The largest absolute Gasteiger partial charge is 0.493 e. The van der Waals surface area contributed by atoms with Crippen molar-refractivity contribution in [1.29, 1.82) is 0 Å². The molecule has 1 fully saturated rings. The van der Waals surface area contributed by atoms with E-state index in [4.69, 9.17) is 19.9 Å². The maximum absolute atomic E-state index is 12.1. The Morgan fingerprint density at radius 1 is 0.938 bits per heavy atom. The van der Waals surface area contributed by atoms with Crippen LogP contribution in [0.3, 0.4) is 0 Å². The fourth-order valence-corrected chi connectivity index (χ4v) is 4.14. The highest BCUT2D eigenvalue weighted by Crippen LogP contribution is 2.40. The Morgan fingerprint density at radius 2 is 1.59 bits per heavy atom. The van der Waals surface area contributed by atoms with E-state index in [0.29, 0.717) is 22.8 Å². The zero-order valence-electron chi connectivity index (χ0n) is 20.0. The molecule has 2 aromatic rings. The van der Waals surface area contributed by atoms with Crippen LogP contribution in [-0.4, -0.2) is 58.3 Å². The molecule has 32 heavy (non-hydrogen) atoms. The number of anilines is 1. The smallest absolute Gasteiger partial charge is 0.250 e. The van der Waals surface area contributed by atoms with Gasteiger partial charge in [0.15, 0.2) is 11.5 Å². The first kappa shape index (κ1) is 23.7. The molecule has 1 aliphatic rings. The van der Waals surface area contributed by atoms with E-state index in [2.05, 4.69) is 36.6 Å². The summed E-state index contributed by atoms with van der Waals surface area (Å²) in [4.78, 5) is 16.7. The highest BCUT2D eigenvalue weighted by molar-refractivity contribution is 5.99. The monoisotopic (exact) mass is 441 g/mol. The third kappa shape index (κ3) is 4.93. The van der Waals surface area contributed by atoms with Crippen LogP contribution < -0.4 is 24.8 Å². The molecule has 0 unspecified atom stereocenters. The summed E-state index contributed by atoms with van der Waals surface area (Å²) >= 11 is 0. The van der Waals surface area contributed by atoms with Crippen LogP contribution in [-0.2, 0) is 12.0 Å². The molecular weight excluding hydrogens is 406 g/mol. The number of ether oxygens (including phenoxy) is 3. The van der Waals surface area contributed by atoms with Crippen molar-refractivity contribution in [1.82, 2.24) is 4.90 Å². The zero-order valence-corrected chi connectivity index (χ0v) is 20.0. The fraction of sp³-hybridized carbons (Fsp3) is 0.480. The minimum absolute atomic E-state index is 0.00325. The van der Waals surface area contributed by atoms with E-state index in [1.807, 2.05) is 24.3 Å². The lowest BCUT2D eigenvalue weighted by atomic mass is 9.86. The molecule has 0 bridgehead atoms. The van der Waals surface area contributed by atoms with Gasteiger partial charge in [-0.2, -0.15) is 0 Å². The zero-order chi connectivity index (χ0) is 23.5. The molecule has 7 nitrogen and oxygen atoms in total. The van der Waals surface area contributed by atoms with Gasteiger partial charge >= 0.3 is 0 Å². The minimum atomic E-state index is -0.391. The summed E-state index contributed by atoms with van der Waals surface area (Å²) in [5.41, 5.74) is 9.42. The van der Waals surface area contributed by atoms with Crippen LogP contribution in [0.1, 0.15) is 42.3 Å². The van der Waals surface area contributed by atoms with Gasteiger partial charge in [-0.3, -0.25) is 9.69 Å². The normalized spacial score (nSPS) is 14.9. The van der Waals surface area contributed by atoms with Gasteiger partial charge in [0.05, 0.1) is 26.9 Å². The van der Waals surface area contributed by atoms with Gasteiger partial charge in [-0.15, -0.1) is 0 Å². The molecule has 0 radical (unpaired) electrons. The number of carbonyl (C=O) groups is 1. The van der Waals surface area contributed by atoms with Crippen molar-refractivity contribution < 1.29 is 19.0 Å². The maximum atomic E-state index is 12.1. The first-order valence-electron chi connectivity index (χ1n) is 10.9. The molecule has 0 spiro atoms. The molecule has 0 aliphatic carbocycles. The lowest BCUT2D eigenvalue weighted by Gasteiger charge is -2.37. The Kier molecular flexibility index (Phi) is 7.19. The molecule has 1 saturated heterocycles. The number of rotatable bonds is 7. The molecular formula is C25H35N3O4. The van der Waals surface area contributed by atoms with Crippen molar-refractivity contribution in [3.05, 3.63) is 47.0 Å². The van der Waals surface area contributed by atoms with Gasteiger partial charge in [0.1, 0.15) is 0 Å². The van der Waals surface area contributed by atoms with E-state index in [1.165, 1.54) is 5.56 Å². The number of primary amides is 1. The lowest BCUT2D eigenvalue weighted by Crippen LogP contribution is -2.46. The van der Waals surface area contributed by atoms with Crippen LogP contribution in [0.4, 0.5) is 5.69 Å². The molecule has 0 atom stereocenters. The van der Waals surface area contributed by atoms with Gasteiger partial charge in [-0.05, 0) is 29.2 Å². The summed E-state index contributed by atoms with van der Waals surface area (Å²) in [6.45, 7) is 10.6. The Balaban J connectivity index is 1.77. The van der Waals surface area contributed by atoms with E-state index in [-0.39, 0.29) is 5.41 Å². The number of methoxy groups -OCH3 is 3. The van der Waals surface area contributed by atoms with Crippen molar-refractivity contribution in [3.63, 3.8) is 0 Å². The minimum Gasteiger partial charge on any atom is -0.493 e. The molecule has 0 aromatic heterocycles. The molecule has 1 aliphatic heterocycles. The number of piperazine rings is 1. The van der Waals surface area contributed by atoms with Gasteiger partial charge in [0.2, 0.25) is 5.75 Å². The SMILES string of the molecule is COc1ccc(CN2CCN(c3cc(C(C)(C)C)ccc3C(N)=O)CC2)c(OC)c1OC. The summed E-state index contributed by atoms with van der Waals surface area (Å²) in [5.74, 6) is 1.56. The van der Waals surface area contributed by atoms with Crippen molar-refractivity contribution in [2.45, 2.75) is 32.7 Å². The summed E-state index contributed by atoms with van der Waals surface area (Å²) < 4.78 is 16.5. The van der Waals surface area contributed by atoms with Gasteiger partial charge in [-0.25, -0.2) is 0 Å². The average molecular weight is 442 g/mol. The van der Waals surface area contributed by atoms with Crippen molar-refractivity contribution in [2.75, 3.05) is 52.4 Å². The van der Waals surface area contributed by atoms with Crippen LogP contribution in [0.25, 0.3) is 0 Å². The molecule has 2 aromatic carbocycles. The number of benzene rings is 2. The van der Waals surface area contributed by atoms with Gasteiger partial charge in [0.25, 0.3) is 5.91 Å². The lowest BCUT2D eigenvalue weighted by molar-refractivity contribution is 0.100. The van der Waals surface area contributed by atoms with Crippen LogP contribution in [0, 0.1) is 0 Å². The van der Waals surface area contributed by atoms with E-state index >= 15 is 0 Å². The van der Waals surface area contributed by atoms with E-state index in [0.717, 1.165) is 44.0 Å². The van der Waals surface area contributed by atoms with Gasteiger partial charge in [-0.1, -0.05) is 32.9 Å². The quantitative estimate of drug-likeness (QED) is 0.709. The molecule has 7 heteroatoms. The predicted molar refractivity (Wildman–Crippen MR) is 127 cm³/mol. The maximum Gasteiger partial charge on any atom is 0.250 e. The van der Waals surface area contributed by atoms with Crippen LogP contribution in [0.2, 0.25) is 0 Å². The molecule has 3 rings (SSSR count). The highest BCUT2D eigenvalue weighted by Gasteiger charge is 2.25. The highest BCUT2D eigenvalue weighted by atomic mass is 16.5. The van der Waals surface area contributed by atoms with Crippen LogP contribution >= 0.6 is 0 Å². The average Bonchev–Trinajstić information content (AvgIpc) is 2.78. The molecule has 174 valence electrons. The molecule has 0 saturated carbocycles. The summed E-state index contributed by atoms with van der Waals surface area (Å²) in [6.07, 6.45) is 0. The Bertz CT molecular complexity index is 960. The Hall–Kier alpha value is -2.93. The molecule has 2 N–H and O–H groups in total. The first-order valence-corrected chi connectivity index (χ1v) is 10.9. The topological polar surface area (TPSA) is 77.3 Å². The number of amides is 1. The number of carbonyl (C=O) groups excluding carboxylic acids is 1. The van der Waals surface area contributed by atoms with Gasteiger partial charge < -0.3 is 24.8 Å². The van der Waals surface area contributed by atoms with Gasteiger partial charge in [0, 0.05) is 44.0 Å². The summed E-state index contributed by atoms with van der Waals surface area (Å²) in [5, 5.41) is 0. The van der Waals surface area contributed by atoms with E-state index in [9.17, 15) is 4.79 Å². The second-order valence-electron chi connectivity index (χ2n) is 9.10. The molecule has 1 amide bonds. The predicted octanol–water partition coefficient (Wildman–Crippen LogP) is 3.43. The van der Waals surface area contributed by atoms with Crippen molar-refractivity contribution in [2.24, 2.45) is 5.73 Å². The second-order valence-corrected chi connectivity index (χ2v) is 9.10. The molecule has 1 heterocycles. The summed E-state index contributed by atoms with van der Waals surface area (Å²) in [6, 6.07) is 9.91. The van der Waals surface area contributed by atoms with E-state index < -0.39 is 5.91 Å². The van der Waals surface area contributed by atoms with Crippen molar-refractivity contribution >= 4 is 11.6 Å². The van der Waals surface area contributed by atoms with Crippen molar-refractivity contribution in [3.8, 4) is 17.2 Å². The van der Waals surface area contributed by atoms with Crippen LogP contribution in [0.15, 0.2) is 30.3 Å². The second kappa shape index (κ2) is 9.69. The summed E-state index contributed by atoms with van der Waals surface area (Å²) in [7, 11) is 4.88. The Morgan fingerprint density at radius 3 is 2.12 bits per heavy atom. The van der Waals surface area contributed by atoms with E-state index in [1.54, 1.807) is 21.3 Å². The third-order valence-electron chi connectivity index (χ3n) is 6.02. The number of hydrogen-bond donors (Lipinski definition) is 1. The fourth-order valence-electron chi connectivity index (χ4n) is 4.14. The van der Waals surface area contributed by atoms with Crippen LogP contribution in [0.5, 0.6) is 17.2 Å². The Labute approximate surface area is 191 Å². The standard InChI is InChI=1S/C25H35N3O4/c1-25(2,3)18-8-9-19(24(26)29)20(15-18)28-13-11-27(12-14-28)16-17-7-10-21(30-4)23(32-6)22(17)31-5/h7-10,15H,11-14,16H2,1-6H3,(H2,26,29). The number of hydrogen-bond acceptors (Lipinski definition) is 6. The first-order chi connectivity index (χ1) is 15.2.